The van der Waals surface area contributed by atoms with Gasteiger partial charge in [-0.2, -0.15) is 0 Å². The summed E-state index contributed by atoms with van der Waals surface area (Å²) < 4.78 is 5.98. The number of hydrogen-bond donors (Lipinski definition) is 2. The average Bonchev–Trinajstić information content (AvgIpc) is 2.66. The number of benzene rings is 1. The van der Waals surface area contributed by atoms with Crippen LogP contribution in [-0.4, -0.2) is 50.9 Å². The summed E-state index contributed by atoms with van der Waals surface area (Å²) in [7, 11) is 1.89. The third kappa shape index (κ3) is 4.27. The van der Waals surface area contributed by atoms with Gasteiger partial charge in [-0.1, -0.05) is 24.6 Å². The van der Waals surface area contributed by atoms with E-state index < -0.39 is 0 Å². The highest BCUT2D eigenvalue weighted by molar-refractivity contribution is 14.0. The van der Waals surface area contributed by atoms with Crippen molar-refractivity contribution in [1.82, 2.24) is 10.6 Å². The van der Waals surface area contributed by atoms with Crippen molar-refractivity contribution in [2.24, 2.45) is 10.4 Å². The van der Waals surface area contributed by atoms with Crippen molar-refractivity contribution in [3.63, 3.8) is 0 Å². The standard InChI is InChI=1S/C22H34N4O.HI/c1-3-27-20-16-19(22(20)12-7-13-22)25-21(23-2)24-17-10-14-26(15-11-17)18-8-5-4-6-9-18;/h4-6,8-9,17,19-20H,3,7,10-16H2,1-2H3,(H2,23,24,25);1H. The highest BCUT2D eigenvalue weighted by Crippen LogP contribution is 2.57. The van der Waals surface area contributed by atoms with Gasteiger partial charge in [0.05, 0.1) is 6.10 Å². The van der Waals surface area contributed by atoms with E-state index in [1.165, 1.54) is 24.9 Å². The third-order valence-electron chi connectivity index (χ3n) is 6.93. The van der Waals surface area contributed by atoms with Crippen molar-refractivity contribution in [1.29, 1.82) is 0 Å². The normalized spacial score (nSPS) is 26.8. The van der Waals surface area contributed by atoms with Crippen molar-refractivity contribution < 1.29 is 4.74 Å². The Morgan fingerprint density at radius 1 is 1.18 bits per heavy atom. The van der Waals surface area contributed by atoms with E-state index in [-0.39, 0.29) is 24.0 Å². The van der Waals surface area contributed by atoms with Crippen LogP contribution >= 0.6 is 24.0 Å². The van der Waals surface area contributed by atoms with Crippen LogP contribution in [0.3, 0.4) is 0 Å². The Kier molecular flexibility index (Phi) is 7.48. The first-order chi connectivity index (χ1) is 13.2. The number of guanidine groups is 1. The number of halogens is 1. The fraction of sp³-hybridized carbons (Fsp3) is 0.682. The minimum absolute atomic E-state index is 0. The summed E-state index contributed by atoms with van der Waals surface area (Å²) in [4.78, 5) is 7.00. The van der Waals surface area contributed by atoms with Gasteiger partial charge in [-0.15, -0.1) is 24.0 Å². The van der Waals surface area contributed by atoms with Gasteiger partial charge in [0.15, 0.2) is 5.96 Å². The lowest BCUT2D eigenvalue weighted by Gasteiger charge is -2.61. The molecule has 1 saturated heterocycles. The van der Waals surface area contributed by atoms with E-state index in [1.54, 1.807) is 0 Å². The summed E-state index contributed by atoms with van der Waals surface area (Å²) in [6.07, 6.45) is 7.77. The van der Waals surface area contributed by atoms with Crippen molar-refractivity contribution in [2.75, 3.05) is 31.6 Å². The molecule has 1 aromatic rings. The fourth-order valence-corrected chi connectivity index (χ4v) is 5.09. The first-order valence-corrected chi connectivity index (χ1v) is 10.7. The van der Waals surface area contributed by atoms with Crippen LogP contribution in [0.15, 0.2) is 35.3 Å². The molecule has 1 aromatic carbocycles. The topological polar surface area (TPSA) is 48.9 Å². The van der Waals surface area contributed by atoms with Crippen LogP contribution in [0.4, 0.5) is 5.69 Å². The van der Waals surface area contributed by atoms with E-state index in [1.807, 2.05) is 7.05 Å². The lowest BCUT2D eigenvalue weighted by Crippen LogP contribution is -2.69. The Balaban J connectivity index is 0.00000225. The van der Waals surface area contributed by atoms with Crippen molar-refractivity contribution in [3.8, 4) is 0 Å². The number of para-hydroxylation sites is 1. The average molecular weight is 498 g/mol. The molecule has 1 spiro atoms. The summed E-state index contributed by atoms with van der Waals surface area (Å²) in [6.45, 7) is 5.12. The van der Waals surface area contributed by atoms with Gasteiger partial charge in [-0.25, -0.2) is 0 Å². The maximum absolute atomic E-state index is 5.98. The maximum Gasteiger partial charge on any atom is 0.191 e. The number of hydrogen-bond acceptors (Lipinski definition) is 3. The van der Waals surface area contributed by atoms with Crippen LogP contribution in [0, 0.1) is 5.41 Å². The molecule has 3 fully saturated rings. The highest BCUT2D eigenvalue weighted by Gasteiger charge is 2.59. The number of aliphatic imine (C=N–C) groups is 1. The molecule has 2 saturated carbocycles. The van der Waals surface area contributed by atoms with E-state index in [0.717, 1.165) is 44.9 Å². The van der Waals surface area contributed by atoms with Crippen LogP contribution in [0.2, 0.25) is 0 Å². The molecule has 28 heavy (non-hydrogen) atoms. The SMILES string of the molecule is CCOC1CC(NC(=NC)NC2CCN(c3ccccc3)CC2)C12CCC2.I. The second kappa shape index (κ2) is 9.65. The van der Waals surface area contributed by atoms with Gasteiger partial charge in [-0.3, -0.25) is 4.99 Å². The lowest BCUT2D eigenvalue weighted by atomic mass is 9.51. The Morgan fingerprint density at radius 3 is 2.46 bits per heavy atom. The number of ether oxygens (including phenoxy) is 1. The molecular weight excluding hydrogens is 463 g/mol. The molecule has 2 aliphatic carbocycles. The van der Waals surface area contributed by atoms with Crippen LogP contribution in [0.1, 0.15) is 45.4 Å². The van der Waals surface area contributed by atoms with Gasteiger partial charge in [0.2, 0.25) is 0 Å². The number of nitrogens with zero attached hydrogens (tertiary/aromatic N) is 2. The molecule has 4 rings (SSSR count). The van der Waals surface area contributed by atoms with E-state index in [2.05, 4.69) is 57.8 Å². The quantitative estimate of drug-likeness (QED) is 0.369. The van der Waals surface area contributed by atoms with Crippen molar-refractivity contribution >= 4 is 35.6 Å². The van der Waals surface area contributed by atoms with Crippen LogP contribution in [0.5, 0.6) is 0 Å². The van der Waals surface area contributed by atoms with Crippen LogP contribution in [0.25, 0.3) is 0 Å². The molecule has 6 heteroatoms. The zero-order chi connectivity index (χ0) is 18.7. The molecule has 1 heterocycles. The second-order valence-electron chi connectivity index (χ2n) is 8.28. The smallest absolute Gasteiger partial charge is 0.191 e. The molecule has 2 atom stereocenters. The molecule has 0 aromatic heterocycles. The summed E-state index contributed by atoms with van der Waals surface area (Å²) in [6, 6.07) is 11.7. The Morgan fingerprint density at radius 2 is 1.89 bits per heavy atom. The zero-order valence-electron chi connectivity index (χ0n) is 17.2. The Labute approximate surface area is 186 Å². The van der Waals surface area contributed by atoms with E-state index in [9.17, 15) is 0 Å². The number of nitrogens with one attached hydrogen (secondary N) is 2. The summed E-state index contributed by atoms with van der Waals surface area (Å²) in [5.41, 5.74) is 1.70. The zero-order valence-corrected chi connectivity index (χ0v) is 19.5. The molecule has 2 unspecified atom stereocenters. The van der Waals surface area contributed by atoms with Crippen LogP contribution in [-0.2, 0) is 4.74 Å². The van der Waals surface area contributed by atoms with Crippen molar-refractivity contribution in [2.45, 2.75) is 63.6 Å². The van der Waals surface area contributed by atoms with Gasteiger partial charge in [0.1, 0.15) is 0 Å². The second-order valence-corrected chi connectivity index (χ2v) is 8.28. The minimum Gasteiger partial charge on any atom is -0.378 e. The lowest BCUT2D eigenvalue weighted by molar-refractivity contribution is -0.168. The number of piperidine rings is 1. The van der Waals surface area contributed by atoms with Crippen LogP contribution < -0.4 is 15.5 Å². The predicted molar refractivity (Wildman–Crippen MR) is 127 cm³/mol. The summed E-state index contributed by atoms with van der Waals surface area (Å²) >= 11 is 0. The largest absolute Gasteiger partial charge is 0.378 e. The monoisotopic (exact) mass is 498 g/mol. The van der Waals surface area contributed by atoms with Gasteiger partial charge in [-0.05, 0) is 51.2 Å². The molecular formula is C22H35IN4O. The summed E-state index contributed by atoms with van der Waals surface area (Å²) in [5.74, 6) is 0.972. The molecule has 0 amide bonds. The molecule has 1 aliphatic heterocycles. The Hall–Kier alpha value is -1.02. The molecule has 0 radical (unpaired) electrons. The first-order valence-electron chi connectivity index (χ1n) is 10.7. The minimum atomic E-state index is 0. The third-order valence-corrected chi connectivity index (χ3v) is 6.93. The van der Waals surface area contributed by atoms with E-state index in [0.29, 0.717) is 23.6 Å². The molecule has 156 valence electrons. The predicted octanol–water partition coefficient (Wildman–Crippen LogP) is 3.79. The van der Waals surface area contributed by atoms with E-state index in [4.69, 9.17) is 4.74 Å². The molecule has 2 N–H and O–H groups in total. The van der Waals surface area contributed by atoms with Gasteiger partial charge >= 0.3 is 0 Å². The van der Waals surface area contributed by atoms with Crippen molar-refractivity contribution in [3.05, 3.63) is 30.3 Å². The first kappa shape index (κ1) is 21.7. The number of rotatable bonds is 5. The molecule has 3 aliphatic rings. The summed E-state index contributed by atoms with van der Waals surface area (Å²) in [5, 5.41) is 7.40. The maximum atomic E-state index is 5.98. The highest BCUT2D eigenvalue weighted by atomic mass is 127. The van der Waals surface area contributed by atoms with Gasteiger partial charge in [0, 0.05) is 49.9 Å². The number of anilines is 1. The van der Waals surface area contributed by atoms with E-state index >= 15 is 0 Å². The fourth-order valence-electron chi connectivity index (χ4n) is 5.09. The Bertz CT molecular complexity index is 641. The molecule has 5 nitrogen and oxygen atoms in total. The molecule has 0 bridgehead atoms. The van der Waals surface area contributed by atoms with Gasteiger partial charge < -0.3 is 20.3 Å². The van der Waals surface area contributed by atoms with Gasteiger partial charge in [0.25, 0.3) is 0 Å².